The molecule has 5 heteroatoms. The van der Waals surface area contributed by atoms with Crippen LogP contribution in [0.4, 0.5) is 5.82 Å². The first kappa shape index (κ1) is 16.7. The van der Waals surface area contributed by atoms with E-state index in [0.29, 0.717) is 13.2 Å². The van der Waals surface area contributed by atoms with Gasteiger partial charge in [0.1, 0.15) is 5.82 Å². The van der Waals surface area contributed by atoms with E-state index in [1.807, 2.05) is 17.7 Å². The number of hydrogen-bond acceptors (Lipinski definition) is 3. The summed E-state index contributed by atoms with van der Waals surface area (Å²) in [6, 6.07) is 8.34. The highest BCUT2D eigenvalue weighted by Gasteiger charge is 2.44. The summed E-state index contributed by atoms with van der Waals surface area (Å²) >= 11 is 0. The van der Waals surface area contributed by atoms with E-state index in [2.05, 4.69) is 35.5 Å². The number of aromatic nitrogens is 2. The number of nitrogens with one attached hydrogen (secondary N) is 1. The number of carbonyl (C=O) groups excluding carboxylic acids is 1. The van der Waals surface area contributed by atoms with E-state index in [9.17, 15) is 4.79 Å². The molecule has 0 atom stereocenters. The number of hydrogen-bond donors (Lipinski definition) is 1. The van der Waals surface area contributed by atoms with Gasteiger partial charge in [-0.2, -0.15) is 5.10 Å². The zero-order valence-electron chi connectivity index (χ0n) is 14.6. The maximum Gasteiger partial charge on any atom is 0.234 e. The van der Waals surface area contributed by atoms with E-state index in [0.717, 1.165) is 30.6 Å². The Labute approximate surface area is 143 Å². The van der Waals surface area contributed by atoms with Crippen LogP contribution >= 0.6 is 0 Å². The average molecular weight is 327 g/mol. The second kappa shape index (κ2) is 6.77. The van der Waals surface area contributed by atoms with E-state index in [1.165, 1.54) is 11.1 Å². The minimum Gasteiger partial charge on any atom is -0.384 e. The van der Waals surface area contributed by atoms with E-state index in [1.54, 1.807) is 13.3 Å². The van der Waals surface area contributed by atoms with Crippen molar-refractivity contribution in [3.05, 3.63) is 47.2 Å². The number of benzene rings is 1. The third-order valence-electron chi connectivity index (χ3n) is 4.88. The first-order valence-corrected chi connectivity index (χ1v) is 8.42. The van der Waals surface area contributed by atoms with Crippen LogP contribution in [0.15, 0.2) is 30.5 Å². The number of carbonyl (C=O) groups is 1. The summed E-state index contributed by atoms with van der Waals surface area (Å²) < 4.78 is 7.14. The van der Waals surface area contributed by atoms with Crippen molar-refractivity contribution in [1.82, 2.24) is 9.78 Å². The lowest BCUT2D eigenvalue weighted by atomic mass is 9.68. The number of aryl methyl sites for hydroxylation is 2. The largest absolute Gasteiger partial charge is 0.384 e. The predicted octanol–water partition coefficient (Wildman–Crippen LogP) is 3.30. The molecule has 0 radical (unpaired) electrons. The fourth-order valence-electron chi connectivity index (χ4n) is 3.30. The minimum atomic E-state index is -0.375. The molecule has 0 bridgehead atoms. The zero-order valence-corrected chi connectivity index (χ0v) is 14.6. The Bertz CT molecular complexity index is 732. The van der Waals surface area contributed by atoms with Gasteiger partial charge in [-0.25, -0.2) is 4.68 Å². The Morgan fingerprint density at radius 3 is 2.79 bits per heavy atom. The van der Waals surface area contributed by atoms with Crippen LogP contribution in [-0.4, -0.2) is 29.4 Å². The van der Waals surface area contributed by atoms with E-state index < -0.39 is 0 Å². The molecule has 3 rings (SSSR count). The summed E-state index contributed by atoms with van der Waals surface area (Å²) in [6.07, 6.45) is 4.66. The molecule has 1 heterocycles. The van der Waals surface area contributed by atoms with Gasteiger partial charge in [-0.15, -0.1) is 0 Å². The van der Waals surface area contributed by atoms with Crippen LogP contribution in [0.2, 0.25) is 0 Å². The highest BCUT2D eigenvalue weighted by molar-refractivity contribution is 5.95. The number of rotatable bonds is 6. The Morgan fingerprint density at radius 2 is 2.17 bits per heavy atom. The van der Waals surface area contributed by atoms with Gasteiger partial charge in [-0.05, 0) is 32.3 Å². The maximum absolute atomic E-state index is 12.8. The summed E-state index contributed by atoms with van der Waals surface area (Å²) in [5, 5.41) is 7.54. The van der Waals surface area contributed by atoms with Crippen LogP contribution in [0.5, 0.6) is 0 Å². The normalized spacial score (nSPS) is 15.8. The van der Waals surface area contributed by atoms with Gasteiger partial charge in [0.25, 0.3) is 0 Å². The van der Waals surface area contributed by atoms with Crippen molar-refractivity contribution in [1.29, 1.82) is 0 Å². The molecule has 1 saturated carbocycles. The topological polar surface area (TPSA) is 56.1 Å². The van der Waals surface area contributed by atoms with Crippen LogP contribution in [0.3, 0.4) is 0 Å². The lowest BCUT2D eigenvalue weighted by molar-refractivity contribution is -0.134. The van der Waals surface area contributed by atoms with Gasteiger partial charge in [0, 0.05) is 12.7 Å². The molecule has 1 aromatic carbocycles. The fourth-order valence-corrected chi connectivity index (χ4v) is 3.30. The first-order valence-electron chi connectivity index (χ1n) is 8.42. The van der Waals surface area contributed by atoms with Crippen LogP contribution in [-0.2, 0) is 16.1 Å². The van der Waals surface area contributed by atoms with Crippen molar-refractivity contribution in [3.63, 3.8) is 0 Å². The smallest absolute Gasteiger partial charge is 0.234 e. The van der Waals surface area contributed by atoms with Gasteiger partial charge in [-0.3, -0.25) is 4.79 Å². The SMILES string of the molecule is COCC1(C(=O)Nc2c(C)cnn2Cc2cccc(C)c2)CCC1. The van der Waals surface area contributed by atoms with Crippen molar-refractivity contribution in [2.24, 2.45) is 5.41 Å². The molecule has 1 aliphatic carbocycles. The van der Waals surface area contributed by atoms with Gasteiger partial charge in [0.2, 0.25) is 5.91 Å². The van der Waals surface area contributed by atoms with Crippen LogP contribution in [0, 0.1) is 19.3 Å². The third kappa shape index (κ3) is 3.22. The van der Waals surface area contributed by atoms with Crippen molar-refractivity contribution in [2.45, 2.75) is 39.7 Å². The average Bonchev–Trinajstić information content (AvgIpc) is 2.84. The third-order valence-corrected chi connectivity index (χ3v) is 4.88. The number of anilines is 1. The number of methoxy groups -OCH3 is 1. The molecule has 0 aliphatic heterocycles. The van der Waals surface area contributed by atoms with Crippen LogP contribution < -0.4 is 5.32 Å². The number of ether oxygens (including phenoxy) is 1. The van der Waals surface area contributed by atoms with Crippen molar-refractivity contribution in [2.75, 3.05) is 19.0 Å². The Balaban J connectivity index is 1.79. The van der Waals surface area contributed by atoms with Gasteiger partial charge >= 0.3 is 0 Å². The van der Waals surface area contributed by atoms with E-state index >= 15 is 0 Å². The summed E-state index contributed by atoms with van der Waals surface area (Å²) in [5.74, 6) is 0.827. The first-order chi connectivity index (χ1) is 11.5. The molecular weight excluding hydrogens is 302 g/mol. The molecule has 1 aliphatic rings. The van der Waals surface area contributed by atoms with Crippen molar-refractivity contribution in [3.8, 4) is 0 Å². The molecule has 24 heavy (non-hydrogen) atoms. The van der Waals surface area contributed by atoms with Crippen LogP contribution in [0.1, 0.15) is 36.0 Å². The maximum atomic E-state index is 12.8. The van der Waals surface area contributed by atoms with E-state index in [4.69, 9.17) is 4.74 Å². The Morgan fingerprint density at radius 1 is 1.38 bits per heavy atom. The Hall–Kier alpha value is -2.14. The monoisotopic (exact) mass is 327 g/mol. The molecule has 0 saturated heterocycles. The molecule has 1 aromatic heterocycles. The molecule has 128 valence electrons. The quantitative estimate of drug-likeness (QED) is 0.885. The van der Waals surface area contributed by atoms with Gasteiger partial charge in [-0.1, -0.05) is 36.2 Å². The number of nitrogens with zero attached hydrogens (tertiary/aromatic N) is 2. The summed E-state index contributed by atoms with van der Waals surface area (Å²) in [4.78, 5) is 12.8. The fraction of sp³-hybridized carbons (Fsp3) is 0.474. The summed E-state index contributed by atoms with van der Waals surface area (Å²) in [7, 11) is 1.65. The van der Waals surface area contributed by atoms with Crippen LogP contribution in [0.25, 0.3) is 0 Å². The lowest BCUT2D eigenvalue weighted by Gasteiger charge is -2.39. The molecule has 2 aromatic rings. The molecule has 0 spiro atoms. The molecule has 5 nitrogen and oxygen atoms in total. The highest BCUT2D eigenvalue weighted by Crippen LogP contribution is 2.42. The standard InChI is InChI=1S/C19H25N3O2/c1-14-6-4-7-16(10-14)12-22-17(15(2)11-20-22)21-18(23)19(13-24-3)8-5-9-19/h4,6-7,10-11H,5,8-9,12-13H2,1-3H3,(H,21,23). The van der Waals surface area contributed by atoms with Crippen molar-refractivity contribution >= 4 is 11.7 Å². The number of amides is 1. The van der Waals surface area contributed by atoms with Gasteiger partial charge < -0.3 is 10.1 Å². The molecular formula is C19H25N3O2. The lowest BCUT2D eigenvalue weighted by Crippen LogP contribution is -2.45. The predicted molar refractivity (Wildman–Crippen MR) is 94.0 cm³/mol. The molecule has 1 fully saturated rings. The Kier molecular flexibility index (Phi) is 4.71. The molecule has 0 unspecified atom stereocenters. The second-order valence-corrected chi connectivity index (χ2v) is 6.84. The molecule has 1 amide bonds. The van der Waals surface area contributed by atoms with E-state index in [-0.39, 0.29) is 11.3 Å². The highest BCUT2D eigenvalue weighted by atomic mass is 16.5. The molecule has 1 N–H and O–H groups in total. The van der Waals surface area contributed by atoms with Gasteiger partial charge in [0.15, 0.2) is 0 Å². The van der Waals surface area contributed by atoms with Gasteiger partial charge in [0.05, 0.1) is 24.8 Å². The second-order valence-electron chi connectivity index (χ2n) is 6.84. The summed E-state index contributed by atoms with van der Waals surface area (Å²) in [5.41, 5.74) is 2.99. The minimum absolute atomic E-state index is 0.0460. The zero-order chi connectivity index (χ0) is 17.2. The summed E-state index contributed by atoms with van der Waals surface area (Å²) in [6.45, 7) is 5.16. The van der Waals surface area contributed by atoms with Crippen molar-refractivity contribution < 1.29 is 9.53 Å².